The summed E-state index contributed by atoms with van der Waals surface area (Å²) in [5, 5.41) is 4.04. The van der Waals surface area contributed by atoms with Crippen LogP contribution in [0.2, 0.25) is 5.02 Å². The molecular weight excluding hydrogens is 336 g/mol. The Labute approximate surface area is 113 Å². The van der Waals surface area contributed by atoms with Crippen molar-refractivity contribution in [3.63, 3.8) is 0 Å². The SMILES string of the molecule is Cc1ccc(Cl)cc1NCc1ccc(I)o1. The number of hydrogen-bond donors (Lipinski definition) is 1. The van der Waals surface area contributed by atoms with Gasteiger partial charge in [0.2, 0.25) is 0 Å². The van der Waals surface area contributed by atoms with Crippen LogP contribution in [0.5, 0.6) is 0 Å². The van der Waals surface area contributed by atoms with Crippen molar-refractivity contribution in [3.8, 4) is 0 Å². The van der Waals surface area contributed by atoms with Gasteiger partial charge in [-0.3, -0.25) is 0 Å². The van der Waals surface area contributed by atoms with Gasteiger partial charge in [-0.05, 0) is 59.3 Å². The van der Waals surface area contributed by atoms with Crippen molar-refractivity contribution in [1.29, 1.82) is 0 Å². The maximum absolute atomic E-state index is 5.94. The molecule has 4 heteroatoms. The molecule has 16 heavy (non-hydrogen) atoms. The Bertz CT molecular complexity index is 496. The number of furan rings is 1. The second kappa shape index (κ2) is 5.10. The van der Waals surface area contributed by atoms with Crippen LogP contribution in [0.4, 0.5) is 5.69 Å². The number of halogens is 2. The molecule has 2 nitrogen and oxygen atoms in total. The number of benzene rings is 1. The summed E-state index contributed by atoms with van der Waals surface area (Å²) in [6.45, 7) is 2.72. The van der Waals surface area contributed by atoms with Crippen LogP contribution in [0.25, 0.3) is 0 Å². The van der Waals surface area contributed by atoms with Crippen LogP contribution < -0.4 is 5.32 Å². The van der Waals surface area contributed by atoms with E-state index in [1.165, 1.54) is 5.56 Å². The summed E-state index contributed by atoms with van der Waals surface area (Å²) >= 11 is 8.09. The molecule has 1 aromatic carbocycles. The van der Waals surface area contributed by atoms with Gasteiger partial charge >= 0.3 is 0 Å². The smallest absolute Gasteiger partial charge is 0.164 e. The van der Waals surface area contributed by atoms with Gasteiger partial charge in [-0.15, -0.1) is 0 Å². The third-order valence-corrected chi connectivity index (χ3v) is 3.10. The quantitative estimate of drug-likeness (QED) is 0.829. The Morgan fingerprint density at radius 2 is 2.12 bits per heavy atom. The first-order valence-electron chi connectivity index (χ1n) is 4.89. The van der Waals surface area contributed by atoms with E-state index in [4.69, 9.17) is 16.0 Å². The number of hydrogen-bond acceptors (Lipinski definition) is 2. The molecular formula is C12H11ClINO. The third-order valence-electron chi connectivity index (χ3n) is 2.28. The average Bonchev–Trinajstić information content (AvgIpc) is 2.66. The summed E-state index contributed by atoms with van der Waals surface area (Å²) in [6, 6.07) is 9.72. The molecule has 2 aromatic rings. The van der Waals surface area contributed by atoms with Crippen molar-refractivity contribution in [2.45, 2.75) is 13.5 Å². The Balaban J connectivity index is 2.07. The minimum Gasteiger partial charge on any atom is -0.454 e. The molecule has 0 aliphatic heterocycles. The molecule has 0 fully saturated rings. The monoisotopic (exact) mass is 347 g/mol. The van der Waals surface area contributed by atoms with Gasteiger partial charge in [0.05, 0.1) is 6.54 Å². The number of anilines is 1. The molecule has 0 unspecified atom stereocenters. The zero-order chi connectivity index (χ0) is 11.5. The molecule has 1 aromatic heterocycles. The molecule has 0 saturated carbocycles. The topological polar surface area (TPSA) is 25.2 Å². The lowest BCUT2D eigenvalue weighted by Gasteiger charge is -2.08. The standard InChI is InChI=1S/C12H11ClINO/c1-8-2-3-9(13)6-11(8)15-7-10-4-5-12(14)16-10/h2-6,15H,7H2,1H3. The zero-order valence-electron chi connectivity index (χ0n) is 8.76. The van der Waals surface area contributed by atoms with Crippen molar-refractivity contribution < 1.29 is 4.42 Å². The minimum atomic E-state index is 0.671. The van der Waals surface area contributed by atoms with Crippen LogP contribution in [0.15, 0.2) is 34.7 Å². The first-order valence-corrected chi connectivity index (χ1v) is 6.35. The summed E-state index contributed by atoms with van der Waals surface area (Å²) in [4.78, 5) is 0. The zero-order valence-corrected chi connectivity index (χ0v) is 11.7. The number of aryl methyl sites for hydroxylation is 1. The average molecular weight is 348 g/mol. The summed E-state index contributed by atoms with van der Waals surface area (Å²) < 4.78 is 6.37. The molecule has 84 valence electrons. The second-order valence-electron chi connectivity index (χ2n) is 3.52. The van der Waals surface area contributed by atoms with Crippen LogP contribution in [0.1, 0.15) is 11.3 Å². The lowest BCUT2D eigenvalue weighted by molar-refractivity contribution is 0.493. The highest BCUT2D eigenvalue weighted by molar-refractivity contribution is 14.1. The third kappa shape index (κ3) is 2.92. The molecule has 1 N–H and O–H groups in total. The first kappa shape index (κ1) is 11.8. The fraction of sp³-hybridized carbons (Fsp3) is 0.167. The van der Waals surface area contributed by atoms with Crippen LogP contribution in [-0.4, -0.2) is 0 Å². The van der Waals surface area contributed by atoms with Crippen molar-refractivity contribution in [2.75, 3.05) is 5.32 Å². The van der Waals surface area contributed by atoms with Gasteiger partial charge in [-0.25, -0.2) is 0 Å². The summed E-state index contributed by atoms with van der Waals surface area (Å²) in [6.07, 6.45) is 0. The van der Waals surface area contributed by atoms with Crippen molar-refractivity contribution >= 4 is 39.9 Å². The highest BCUT2D eigenvalue weighted by Crippen LogP contribution is 2.21. The van der Waals surface area contributed by atoms with Crippen LogP contribution in [-0.2, 0) is 6.54 Å². The maximum Gasteiger partial charge on any atom is 0.164 e. The Hall–Kier alpha value is -0.680. The molecule has 0 atom stereocenters. The van der Waals surface area contributed by atoms with E-state index in [9.17, 15) is 0 Å². The lowest BCUT2D eigenvalue weighted by Crippen LogP contribution is -1.99. The largest absolute Gasteiger partial charge is 0.454 e. The van der Waals surface area contributed by atoms with Gasteiger partial charge in [0.15, 0.2) is 3.77 Å². The van der Waals surface area contributed by atoms with Crippen molar-refractivity contribution in [2.24, 2.45) is 0 Å². The Kier molecular flexibility index (Phi) is 3.76. The minimum absolute atomic E-state index is 0.671. The molecule has 0 radical (unpaired) electrons. The number of nitrogens with one attached hydrogen (secondary N) is 1. The lowest BCUT2D eigenvalue weighted by atomic mass is 10.2. The molecule has 0 saturated heterocycles. The van der Waals surface area contributed by atoms with Gasteiger partial charge < -0.3 is 9.73 Å². The maximum atomic E-state index is 5.94. The van der Waals surface area contributed by atoms with Gasteiger partial charge in [0, 0.05) is 10.7 Å². The van der Waals surface area contributed by atoms with Crippen LogP contribution >= 0.6 is 34.2 Å². The van der Waals surface area contributed by atoms with E-state index in [0.29, 0.717) is 6.54 Å². The number of rotatable bonds is 3. The fourth-order valence-electron chi connectivity index (χ4n) is 1.41. The molecule has 0 spiro atoms. The molecule has 0 amide bonds. The van der Waals surface area contributed by atoms with E-state index >= 15 is 0 Å². The van der Waals surface area contributed by atoms with Crippen LogP contribution in [0, 0.1) is 10.7 Å². The van der Waals surface area contributed by atoms with E-state index in [2.05, 4.69) is 27.9 Å². The predicted molar refractivity (Wildman–Crippen MR) is 74.9 cm³/mol. The molecule has 0 aliphatic rings. The normalized spacial score (nSPS) is 10.4. The molecule has 0 bridgehead atoms. The highest BCUT2D eigenvalue weighted by Gasteiger charge is 2.02. The second-order valence-corrected chi connectivity index (χ2v) is 5.02. The predicted octanol–water partition coefficient (Wildman–Crippen LogP) is 4.46. The van der Waals surface area contributed by atoms with E-state index in [-0.39, 0.29) is 0 Å². The Morgan fingerprint density at radius 1 is 1.31 bits per heavy atom. The molecule has 2 rings (SSSR count). The Morgan fingerprint density at radius 3 is 2.81 bits per heavy atom. The first-order chi connectivity index (χ1) is 7.65. The van der Waals surface area contributed by atoms with E-state index in [1.807, 2.05) is 37.3 Å². The summed E-state index contributed by atoms with van der Waals surface area (Å²) in [7, 11) is 0. The van der Waals surface area contributed by atoms with Gasteiger partial charge in [-0.2, -0.15) is 0 Å². The van der Waals surface area contributed by atoms with E-state index < -0.39 is 0 Å². The fourth-order valence-corrected chi connectivity index (χ4v) is 2.05. The van der Waals surface area contributed by atoms with Gasteiger partial charge in [0.25, 0.3) is 0 Å². The molecule has 1 heterocycles. The molecule has 0 aliphatic carbocycles. The van der Waals surface area contributed by atoms with Gasteiger partial charge in [0.1, 0.15) is 5.76 Å². The highest BCUT2D eigenvalue weighted by atomic mass is 127. The van der Waals surface area contributed by atoms with Crippen molar-refractivity contribution in [3.05, 3.63) is 50.4 Å². The summed E-state index contributed by atoms with van der Waals surface area (Å²) in [5.41, 5.74) is 2.21. The van der Waals surface area contributed by atoms with Crippen LogP contribution in [0.3, 0.4) is 0 Å². The van der Waals surface area contributed by atoms with E-state index in [0.717, 1.165) is 20.2 Å². The summed E-state index contributed by atoms with van der Waals surface area (Å²) in [5.74, 6) is 0.920. The van der Waals surface area contributed by atoms with Gasteiger partial charge in [-0.1, -0.05) is 17.7 Å². The van der Waals surface area contributed by atoms with E-state index in [1.54, 1.807) is 0 Å². The van der Waals surface area contributed by atoms with Crippen molar-refractivity contribution in [1.82, 2.24) is 0 Å².